The molecule has 2 nitrogen and oxygen atoms in total. The maximum atomic E-state index is 11.7. The molecule has 0 radical (unpaired) electrons. The molecule has 0 aromatic rings. The molecule has 2 fully saturated rings. The summed E-state index contributed by atoms with van der Waals surface area (Å²) in [5.74, 6) is 0.277. The number of fused-ring (bicyclic) bond motifs is 2. The molecule has 2 aliphatic rings. The zero-order chi connectivity index (χ0) is 9.15. The van der Waals surface area contributed by atoms with Gasteiger partial charge in [0.15, 0.2) is 5.78 Å². The van der Waals surface area contributed by atoms with E-state index >= 15 is 0 Å². The highest BCUT2D eigenvalue weighted by atomic mass is 16.3. The Morgan fingerprint density at radius 2 is 2.00 bits per heavy atom. The van der Waals surface area contributed by atoms with Crippen LogP contribution in [0.4, 0.5) is 0 Å². The first-order chi connectivity index (χ1) is 5.41. The molecule has 0 amide bonds. The van der Waals surface area contributed by atoms with Gasteiger partial charge in [0.25, 0.3) is 0 Å². The molecule has 0 aliphatic heterocycles. The second kappa shape index (κ2) is 1.92. The average Bonchev–Trinajstić information content (AvgIpc) is 2.26. The van der Waals surface area contributed by atoms with Crippen molar-refractivity contribution in [2.75, 3.05) is 0 Å². The normalized spacial score (nSPS) is 50.2. The first-order valence-corrected chi connectivity index (χ1v) is 4.63. The van der Waals surface area contributed by atoms with Crippen LogP contribution in [0.5, 0.6) is 0 Å². The van der Waals surface area contributed by atoms with Crippen LogP contribution in [0.1, 0.15) is 33.6 Å². The van der Waals surface area contributed by atoms with Gasteiger partial charge in [0.2, 0.25) is 0 Å². The highest BCUT2D eigenvalue weighted by Crippen LogP contribution is 2.63. The van der Waals surface area contributed by atoms with Gasteiger partial charge in [-0.2, -0.15) is 0 Å². The van der Waals surface area contributed by atoms with E-state index in [2.05, 4.69) is 13.8 Å². The first kappa shape index (κ1) is 8.24. The van der Waals surface area contributed by atoms with Crippen molar-refractivity contribution in [1.29, 1.82) is 0 Å². The van der Waals surface area contributed by atoms with Crippen molar-refractivity contribution >= 4 is 5.78 Å². The third-order valence-electron chi connectivity index (χ3n) is 4.50. The minimum Gasteiger partial charge on any atom is -0.385 e. The van der Waals surface area contributed by atoms with Gasteiger partial charge in [0.05, 0.1) is 0 Å². The van der Waals surface area contributed by atoms with Crippen LogP contribution in [-0.2, 0) is 4.79 Å². The quantitative estimate of drug-likeness (QED) is 0.593. The zero-order valence-electron chi connectivity index (χ0n) is 7.92. The van der Waals surface area contributed by atoms with Crippen molar-refractivity contribution in [3.63, 3.8) is 0 Å². The van der Waals surface area contributed by atoms with Crippen LogP contribution in [-0.4, -0.2) is 17.0 Å². The van der Waals surface area contributed by atoms with E-state index in [0.29, 0.717) is 0 Å². The van der Waals surface area contributed by atoms with Crippen LogP contribution in [0.3, 0.4) is 0 Å². The number of aliphatic hydroxyl groups excluding tert-OH is 1. The van der Waals surface area contributed by atoms with Gasteiger partial charge in [0.1, 0.15) is 6.10 Å². The molecule has 2 aliphatic carbocycles. The van der Waals surface area contributed by atoms with E-state index in [-0.39, 0.29) is 22.5 Å². The third-order valence-corrected chi connectivity index (χ3v) is 4.50. The van der Waals surface area contributed by atoms with E-state index in [1.165, 1.54) is 0 Å². The fourth-order valence-corrected chi connectivity index (χ4v) is 3.04. The van der Waals surface area contributed by atoms with E-state index < -0.39 is 6.10 Å². The Morgan fingerprint density at radius 1 is 1.42 bits per heavy atom. The van der Waals surface area contributed by atoms with Gasteiger partial charge in [-0.15, -0.1) is 0 Å². The number of rotatable bonds is 0. The van der Waals surface area contributed by atoms with Crippen molar-refractivity contribution in [2.24, 2.45) is 16.7 Å². The second-order valence-corrected chi connectivity index (χ2v) is 5.01. The average molecular weight is 168 g/mol. The monoisotopic (exact) mass is 168 g/mol. The number of carbonyl (C=O) groups is 1. The van der Waals surface area contributed by atoms with E-state index in [0.717, 1.165) is 12.8 Å². The number of Topliss-reactive ketones (excluding diaryl/α,β-unsaturated/α-hetero) is 1. The summed E-state index contributed by atoms with van der Waals surface area (Å²) in [5, 5.41) is 9.64. The van der Waals surface area contributed by atoms with Gasteiger partial charge in [-0.05, 0) is 24.2 Å². The molecule has 0 heterocycles. The molecule has 2 bridgehead atoms. The zero-order valence-corrected chi connectivity index (χ0v) is 7.92. The SMILES string of the molecule is CC1(C)[C@H]2CC[C@@]1(C)C(=O)[C@@H]2O. The van der Waals surface area contributed by atoms with Crippen molar-refractivity contribution in [1.82, 2.24) is 0 Å². The second-order valence-electron chi connectivity index (χ2n) is 5.01. The van der Waals surface area contributed by atoms with Crippen LogP contribution in [0.25, 0.3) is 0 Å². The Morgan fingerprint density at radius 3 is 2.25 bits per heavy atom. The molecule has 2 heteroatoms. The Balaban J connectivity index is 2.50. The topological polar surface area (TPSA) is 37.3 Å². The Bertz CT molecular complexity index is 244. The van der Waals surface area contributed by atoms with Crippen LogP contribution in [0.2, 0.25) is 0 Å². The molecule has 0 unspecified atom stereocenters. The number of ketones is 1. The molecule has 68 valence electrons. The molecule has 3 atom stereocenters. The van der Waals surface area contributed by atoms with Crippen LogP contribution >= 0.6 is 0 Å². The summed E-state index contributed by atoms with van der Waals surface area (Å²) in [6.07, 6.45) is 1.29. The smallest absolute Gasteiger partial charge is 0.167 e. The third kappa shape index (κ3) is 0.598. The summed E-state index contributed by atoms with van der Waals surface area (Å²) in [5.41, 5.74) is -0.249. The predicted octanol–water partition coefficient (Wildman–Crippen LogP) is 1.37. The van der Waals surface area contributed by atoms with Crippen molar-refractivity contribution in [3.8, 4) is 0 Å². The predicted molar refractivity (Wildman–Crippen MR) is 45.6 cm³/mol. The lowest BCUT2D eigenvalue weighted by molar-refractivity contribution is -0.135. The molecule has 12 heavy (non-hydrogen) atoms. The van der Waals surface area contributed by atoms with E-state index in [4.69, 9.17) is 0 Å². The summed E-state index contributed by atoms with van der Waals surface area (Å²) < 4.78 is 0. The van der Waals surface area contributed by atoms with Gasteiger partial charge < -0.3 is 5.11 Å². The van der Waals surface area contributed by atoms with E-state index in [1.807, 2.05) is 6.92 Å². The van der Waals surface area contributed by atoms with Crippen molar-refractivity contribution < 1.29 is 9.90 Å². The molecular formula is C10H16O2. The summed E-state index contributed by atoms with van der Waals surface area (Å²) in [7, 11) is 0. The molecule has 0 aromatic heterocycles. The lowest BCUT2D eigenvalue weighted by Gasteiger charge is -2.31. The van der Waals surface area contributed by atoms with Gasteiger partial charge in [-0.1, -0.05) is 20.8 Å². The number of aliphatic hydroxyl groups is 1. The number of hydrogen-bond donors (Lipinski definition) is 1. The molecule has 2 saturated carbocycles. The van der Waals surface area contributed by atoms with Gasteiger partial charge in [-0.25, -0.2) is 0 Å². The van der Waals surface area contributed by atoms with Gasteiger partial charge >= 0.3 is 0 Å². The lowest BCUT2D eigenvalue weighted by atomic mass is 9.70. The standard InChI is InChI=1S/C10H16O2/c1-9(2)6-4-5-10(9,3)8(12)7(6)11/h6-7,11H,4-5H2,1-3H3/t6-,7+,10-/m0/s1. The Kier molecular flexibility index (Phi) is 1.32. The van der Waals surface area contributed by atoms with Crippen LogP contribution in [0, 0.1) is 16.7 Å². The minimum atomic E-state index is -0.682. The molecule has 0 spiro atoms. The highest BCUT2D eigenvalue weighted by Gasteiger charge is 2.65. The van der Waals surface area contributed by atoms with E-state index in [1.54, 1.807) is 0 Å². The molecule has 0 saturated heterocycles. The van der Waals surface area contributed by atoms with Crippen LogP contribution in [0.15, 0.2) is 0 Å². The summed E-state index contributed by atoms with van der Waals surface area (Å²) in [6.45, 7) is 6.23. The van der Waals surface area contributed by atoms with Gasteiger partial charge in [-0.3, -0.25) is 4.79 Å². The van der Waals surface area contributed by atoms with Crippen molar-refractivity contribution in [2.45, 2.75) is 39.7 Å². The Hall–Kier alpha value is -0.370. The summed E-state index contributed by atoms with van der Waals surface area (Å²) in [6, 6.07) is 0. The molecular weight excluding hydrogens is 152 g/mol. The van der Waals surface area contributed by atoms with Gasteiger partial charge in [0, 0.05) is 5.41 Å². The lowest BCUT2D eigenvalue weighted by Crippen LogP contribution is -2.34. The first-order valence-electron chi connectivity index (χ1n) is 4.63. The number of carbonyl (C=O) groups excluding carboxylic acids is 1. The molecule has 2 rings (SSSR count). The summed E-state index contributed by atoms with van der Waals surface area (Å²) >= 11 is 0. The highest BCUT2D eigenvalue weighted by molar-refractivity contribution is 5.93. The molecule has 1 N–H and O–H groups in total. The molecule has 0 aromatic carbocycles. The maximum Gasteiger partial charge on any atom is 0.167 e. The van der Waals surface area contributed by atoms with E-state index in [9.17, 15) is 9.90 Å². The largest absolute Gasteiger partial charge is 0.385 e. The fourth-order valence-electron chi connectivity index (χ4n) is 3.04. The Labute approximate surface area is 73.0 Å². The maximum absolute atomic E-state index is 11.7. The fraction of sp³-hybridized carbons (Fsp3) is 0.900. The minimum absolute atomic E-state index is 0.00347. The number of hydrogen-bond acceptors (Lipinski definition) is 2. The summed E-state index contributed by atoms with van der Waals surface area (Å²) in [4.78, 5) is 11.7. The van der Waals surface area contributed by atoms with Crippen molar-refractivity contribution in [3.05, 3.63) is 0 Å². The van der Waals surface area contributed by atoms with Crippen LogP contribution < -0.4 is 0 Å².